The Hall–Kier alpha value is -2.48. The van der Waals surface area contributed by atoms with E-state index in [0.29, 0.717) is 37.4 Å². The van der Waals surface area contributed by atoms with E-state index < -0.39 is 14.6 Å². The van der Waals surface area contributed by atoms with Crippen molar-refractivity contribution in [1.82, 2.24) is 19.8 Å². The molecule has 0 unspecified atom stereocenters. The number of nitrogens with zero attached hydrogens (tertiary/aromatic N) is 5. The number of benzene rings is 1. The summed E-state index contributed by atoms with van der Waals surface area (Å²) in [6.45, 7) is 4.82. The highest BCUT2D eigenvalue weighted by Crippen LogP contribution is 2.33. The fourth-order valence-corrected chi connectivity index (χ4v) is 5.92. The van der Waals surface area contributed by atoms with Crippen LogP contribution in [0.15, 0.2) is 42.5 Å². The Morgan fingerprint density at radius 2 is 1.78 bits per heavy atom. The average Bonchev–Trinajstić information content (AvgIpc) is 3.12. The molecule has 0 aliphatic carbocycles. The molecule has 1 aliphatic heterocycles. The van der Waals surface area contributed by atoms with E-state index in [-0.39, 0.29) is 5.75 Å². The van der Waals surface area contributed by atoms with E-state index in [1.165, 1.54) is 0 Å². The summed E-state index contributed by atoms with van der Waals surface area (Å²) in [5.74, 6) is 1.58. The third kappa shape index (κ3) is 2.88. The van der Waals surface area contributed by atoms with Crippen LogP contribution in [0.25, 0.3) is 17.0 Å². The van der Waals surface area contributed by atoms with Crippen LogP contribution in [0, 0.1) is 0 Å². The maximum atomic E-state index is 12.7. The molecule has 0 N–H and O–H groups in total. The van der Waals surface area contributed by atoms with Crippen LogP contribution in [0.2, 0.25) is 0 Å². The lowest BCUT2D eigenvalue weighted by Gasteiger charge is -2.41. The lowest BCUT2D eigenvalue weighted by atomic mass is 10.0. The standard InChI is InChI=1S/C19H23N5O2S/c1-3-19(4-2)14-23(12-13-27(19,25)26)17-11-10-16-20-21-18(24(16)22-17)15-8-6-5-7-9-15/h5-11H,3-4,12-14H2,1-2H3. The van der Waals surface area contributed by atoms with Crippen LogP contribution >= 0.6 is 0 Å². The molecule has 27 heavy (non-hydrogen) atoms. The Labute approximate surface area is 159 Å². The first-order valence-corrected chi connectivity index (χ1v) is 10.9. The highest BCUT2D eigenvalue weighted by molar-refractivity contribution is 7.92. The molecule has 3 heterocycles. The Bertz CT molecular complexity index is 1060. The van der Waals surface area contributed by atoms with Crippen molar-refractivity contribution in [2.45, 2.75) is 31.4 Å². The van der Waals surface area contributed by atoms with Crippen LogP contribution in [-0.4, -0.2) is 51.8 Å². The van der Waals surface area contributed by atoms with Crippen molar-refractivity contribution in [3.63, 3.8) is 0 Å². The largest absolute Gasteiger partial charge is 0.353 e. The van der Waals surface area contributed by atoms with Crippen LogP contribution in [0.5, 0.6) is 0 Å². The second kappa shape index (κ2) is 6.60. The molecule has 8 heteroatoms. The number of rotatable bonds is 4. The maximum Gasteiger partial charge on any atom is 0.185 e. The lowest BCUT2D eigenvalue weighted by molar-refractivity contribution is 0.457. The van der Waals surface area contributed by atoms with E-state index in [0.717, 1.165) is 11.4 Å². The minimum Gasteiger partial charge on any atom is -0.353 e. The van der Waals surface area contributed by atoms with Gasteiger partial charge in [-0.2, -0.15) is 4.52 Å². The number of hydrogen-bond acceptors (Lipinski definition) is 6. The van der Waals surface area contributed by atoms with Gasteiger partial charge in [0, 0.05) is 18.7 Å². The first-order chi connectivity index (χ1) is 13.0. The van der Waals surface area contributed by atoms with E-state index >= 15 is 0 Å². The Kier molecular flexibility index (Phi) is 4.38. The molecule has 2 aromatic heterocycles. The minimum atomic E-state index is -3.11. The zero-order valence-electron chi connectivity index (χ0n) is 15.5. The van der Waals surface area contributed by atoms with Gasteiger partial charge in [-0.05, 0) is 25.0 Å². The van der Waals surface area contributed by atoms with E-state index in [1.807, 2.05) is 56.3 Å². The van der Waals surface area contributed by atoms with Gasteiger partial charge in [0.1, 0.15) is 5.82 Å². The summed E-state index contributed by atoms with van der Waals surface area (Å²) in [6, 6.07) is 13.6. The summed E-state index contributed by atoms with van der Waals surface area (Å²) in [5.41, 5.74) is 1.60. The number of sulfone groups is 1. The van der Waals surface area contributed by atoms with Crippen LogP contribution in [0.3, 0.4) is 0 Å². The molecule has 142 valence electrons. The Balaban J connectivity index is 1.75. The van der Waals surface area contributed by atoms with Crippen molar-refractivity contribution in [1.29, 1.82) is 0 Å². The van der Waals surface area contributed by atoms with Crippen molar-refractivity contribution in [2.24, 2.45) is 0 Å². The predicted octanol–water partition coefficient (Wildman–Crippen LogP) is 2.58. The molecular formula is C19H23N5O2S. The molecule has 1 aliphatic rings. The average molecular weight is 385 g/mol. The van der Waals surface area contributed by atoms with Crippen molar-refractivity contribution < 1.29 is 8.42 Å². The predicted molar refractivity (Wildman–Crippen MR) is 106 cm³/mol. The Morgan fingerprint density at radius 3 is 2.48 bits per heavy atom. The highest BCUT2D eigenvalue weighted by atomic mass is 32.2. The fourth-order valence-electron chi connectivity index (χ4n) is 3.80. The Morgan fingerprint density at radius 1 is 1.04 bits per heavy atom. The van der Waals surface area contributed by atoms with Gasteiger partial charge in [-0.25, -0.2) is 8.42 Å². The monoisotopic (exact) mass is 385 g/mol. The summed E-state index contributed by atoms with van der Waals surface area (Å²) in [4.78, 5) is 2.07. The van der Waals surface area contributed by atoms with Gasteiger partial charge in [0.25, 0.3) is 0 Å². The molecule has 3 aromatic rings. The summed E-state index contributed by atoms with van der Waals surface area (Å²) in [5, 5.41) is 13.2. The van der Waals surface area contributed by atoms with Crippen molar-refractivity contribution in [3.05, 3.63) is 42.5 Å². The third-order valence-corrected chi connectivity index (χ3v) is 8.41. The van der Waals surface area contributed by atoms with Crippen LogP contribution in [0.1, 0.15) is 26.7 Å². The SMILES string of the molecule is CCC1(CC)CN(c2ccc3nnc(-c4ccccc4)n3n2)CCS1(=O)=O. The van der Waals surface area contributed by atoms with Gasteiger partial charge in [0.05, 0.1) is 10.5 Å². The maximum absolute atomic E-state index is 12.7. The molecule has 4 rings (SSSR count). The summed E-state index contributed by atoms with van der Waals surface area (Å²) < 4.78 is 26.4. The molecule has 0 radical (unpaired) electrons. The van der Waals surface area contributed by atoms with Gasteiger partial charge in [0.2, 0.25) is 0 Å². The second-order valence-corrected chi connectivity index (χ2v) is 9.49. The van der Waals surface area contributed by atoms with Crippen LogP contribution in [-0.2, 0) is 9.84 Å². The van der Waals surface area contributed by atoms with E-state index in [9.17, 15) is 8.42 Å². The van der Waals surface area contributed by atoms with Crippen molar-refractivity contribution in [2.75, 3.05) is 23.7 Å². The second-order valence-electron chi connectivity index (χ2n) is 6.98. The first kappa shape index (κ1) is 17.9. The van der Waals surface area contributed by atoms with Crippen molar-refractivity contribution >= 4 is 21.3 Å². The summed E-state index contributed by atoms with van der Waals surface area (Å²) in [7, 11) is -3.11. The fraction of sp³-hybridized carbons (Fsp3) is 0.421. The first-order valence-electron chi connectivity index (χ1n) is 9.25. The lowest BCUT2D eigenvalue weighted by Crippen LogP contribution is -2.56. The van der Waals surface area contributed by atoms with E-state index in [2.05, 4.69) is 15.1 Å². The molecule has 1 saturated heterocycles. The molecule has 1 fully saturated rings. The van der Waals surface area contributed by atoms with Crippen molar-refractivity contribution in [3.8, 4) is 11.4 Å². The zero-order valence-corrected chi connectivity index (χ0v) is 16.4. The van der Waals surface area contributed by atoms with E-state index in [4.69, 9.17) is 5.10 Å². The number of aromatic nitrogens is 4. The smallest absolute Gasteiger partial charge is 0.185 e. The van der Waals surface area contributed by atoms with Gasteiger partial charge >= 0.3 is 0 Å². The van der Waals surface area contributed by atoms with Crippen LogP contribution < -0.4 is 4.90 Å². The molecule has 0 atom stereocenters. The normalized spacial score (nSPS) is 18.7. The minimum absolute atomic E-state index is 0.155. The molecule has 0 bridgehead atoms. The molecule has 0 amide bonds. The van der Waals surface area contributed by atoms with Crippen LogP contribution in [0.4, 0.5) is 5.82 Å². The number of hydrogen-bond donors (Lipinski definition) is 0. The van der Waals surface area contributed by atoms with Gasteiger partial charge in [-0.1, -0.05) is 44.2 Å². The summed E-state index contributed by atoms with van der Waals surface area (Å²) >= 11 is 0. The number of anilines is 1. The summed E-state index contributed by atoms with van der Waals surface area (Å²) in [6.07, 6.45) is 1.21. The third-order valence-electron chi connectivity index (χ3n) is 5.66. The number of fused-ring (bicyclic) bond motifs is 1. The van der Waals surface area contributed by atoms with E-state index in [1.54, 1.807) is 4.52 Å². The van der Waals surface area contributed by atoms with Gasteiger partial charge in [0.15, 0.2) is 21.3 Å². The molecule has 1 aromatic carbocycles. The molecule has 0 spiro atoms. The van der Waals surface area contributed by atoms with Gasteiger partial charge in [-0.3, -0.25) is 0 Å². The molecule has 7 nitrogen and oxygen atoms in total. The molecule has 0 saturated carbocycles. The molecular weight excluding hydrogens is 362 g/mol. The zero-order chi connectivity index (χ0) is 19.1. The topological polar surface area (TPSA) is 80.5 Å². The quantitative estimate of drug-likeness (QED) is 0.687. The highest BCUT2D eigenvalue weighted by Gasteiger charge is 2.45. The van der Waals surface area contributed by atoms with Gasteiger partial charge < -0.3 is 4.90 Å². The van der Waals surface area contributed by atoms with Gasteiger partial charge in [-0.15, -0.1) is 15.3 Å².